The number of benzene rings is 2. The number of rotatable bonds is 10. The third kappa shape index (κ3) is 6.61. The van der Waals surface area contributed by atoms with Crippen LogP contribution in [0.1, 0.15) is 86.8 Å². The van der Waals surface area contributed by atoms with Gasteiger partial charge in [0.2, 0.25) is 5.43 Å². The second-order valence-corrected chi connectivity index (χ2v) is 10.3. The number of amides is 1. The highest BCUT2D eigenvalue weighted by Crippen LogP contribution is 2.29. The Bertz CT molecular complexity index is 1420. The molecule has 1 aliphatic carbocycles. The summed E-state index contributed by atoms with van der Waals surface area (Å²) in [6, 6.07) is 11.6. The Labute approximate surface area is 234 Å². The number of nitrogens with one attached hydrogen (secondary N) is 2. The molecule has 212 valence electrons. The van der Waals surface area contributed by atoms with Crippen LogP contribution in [0.2, 0.25) is 0 Å². The third-order valence-corrected chi connectivity index (χ3v) is 7.74. The summed E-state index contributed by atoms with van der Waals surface area (Å²) >= 11 is 0. The minimum atomic E-state index is -0.691. The second kappa shape index (κ2) is 13.4. The number of halogens is 1. The van der Waals surface area contributed by atoms with Crippen LogP contribution < -0.4 is 16.1 Å². The zero-order valence-electron chi connectivity index (χ0n) is 23.4. The zero-order valence-corrected chi connectivity index (χ0v) is 23.4. The van der Waals surface area contributed by atoms with Crippen molar-refractivity contribution in [1.29, 1.82) is 0 Å². The summed E-state index contributed by atoms with van der Waals surface area (Å²) in [5.41, 5.74) is 1.08. The number of pyridine rings is 1. The molecule has 1 amide bonds. The lowest BCUT2D eigenvalue weighted by Gasteiger charge is -2.26. The van der Waals surface area contributed by atoms with E-state index in [0.29, 0.717) is 11.2 Å². The van der Waals surface area contributed by atoms with Crippen LogP contribution in [0.25, 0.3) is 10.9 Å². The quantitative estimate of drug-likeness (QED) is 0.225. The summed E-state index contributed by atoms with van der Waals surface area (Å²) in [5.74, 6) is -1.68. The van der Waals surface area contributed by atoms with Crippen molar-refractivity contribution in [2.24, 2.45) is 0 Å². The molecule has 40 heavy (non-hydrogen) atoms. The van der Waals surface area contributed by atoms with Crippen LogP contribution >= 0.6 is 0 Å². The molecule has 1 aromatic heterocycles. The molecule has 1 saturated carbocycles. The standard InChI is InChI=1S/C32H38FN3O4/c1-4-23(5-2)36-20-25(32(39)35-27(16-17-30(37)40-3)21-12-8-6-9-13-21)31(38)24-18-26(33)28(19-29(24)36)34-22-14-10-7-11-15-22/h6,8-9,12-13,16-20,22-23,27,34H,4-5,7,10-11,14-15H2,1-3H3,(H,35,39)/b17-16+/t27-/m0/s1. The number of ether oxygens (including phenoxy) is 1. The van der Waals surface area contributed by atoms with Crippen molar-refractivity contribution in [1.82, 2.24) is 9.88 Å². The molecule has 0 aliphatic heterocycles. The maximum Gasteiger partial charge on any atom is 0.330 e. The fourth-order valence-corrected chi connectivity index (χ4v) is 5.46. The van der Waals surface area contributed by atoms with Crippen LogP contribution in [0.5, 0.6) is 0 Å². The zero-order chi connectivity index (χ0) is 28.6. The van der Waals surface area contributed by atoms with E-state index < -0.39 is 29.2 Å². The van der Waals surface area contributed by atoms with Crippen LogP contribution in [0, 0.1) is 5.82 Å². The van der Waals surface area contributed by atoms with Gasteiger partial charge < -0.3 is 19.9 Å². The highest BCUT2D eigenvalue weighted by atomic mass is 19.1. The molecule has 1 heterocycles. The minimum Gasteiger partial charge on any atom is -0.466 e. The monoisotopic (exact) mass is 547 g/mol. The number of nitrogens with zero attached hydrogens (tertiary/aromatic N) is 1. The number of hydrogen-bond acceptors (Lipinski definition) is 5. The molecule has 3 aromatic rings. The van der Waals surface area contributed by atoms with Gasteiger partial charge in [-0.15, -0.1) is 0 Å². The summed E-state index contributed by atoms with van der Waals surface area (Å²) in [7, 11) is 1.27. The van der Waals surface area contributed by atoms with Crippen LogP contribution in [0.4, 0.5) is 10.1 Å². The van der Waals surface area contributed by atoms with E-state index >= 15 is 4.39 Å². The Morgan fingerprint density at radius 3 is 2.45 bits per heavy atom. The number of carbonyl (C=O) groups excluding carboxylic acids is 2. The van der Waals surface area contributed by atoms with Gasteiger partial charge in [-0.1, -0.05) is 69.5 Å². The molecule has 0 radical (unpaired) electrons. The van der Waals surface area contributed by atoms with Crippen molar-refractivity contribution >= 4 is 28.5 Å². The average molecular weight is 548 g/mol. The van der Waals surface area contributed by atoms with Crippen molar-refractivity contribution < 1.29 is 18.7 Å². The molecule has 1 atom stereocenters. The third-order valence-electron chi connectivity index (χ3n) is 7.74. The molecule has 2 aromatic carbocycles. The van der Waals surface area contributed by atoms with E-state index in [1.807, 2.05) is 48.7 Å². The van der Waals surface area contributed by atoms with E-state index in [-0.39, 0.29) is 23.0 Å². The van der Waals surface area contributed by atoms with Gasteiger partial charge in [0.25, 0.3) is 5.91 Å². The van der Waals surface area contributed by atoms with Crippen molar-refractivity contribution in [2.75, 3.05) is 12.4 Å². The smallest absolute Gasteiger partial charge is 0.330 e. The molecule has 1 aliphatic rings. The molecule has 4 rings (SSSR count). The van der Waals surface area contributed by atoms with Crippen LogP contribution in [-0.4, -0.2) is 29.6 Å². The maximum atomic E-state index is 15.4. The van der Waals surface area contributed by atoms with Crippen molar-refractivity contribution in [2.45, 2.75) is 76.9 Å². The number of carbonyl (C=O) groups is 2. The molecule has 0 spiro atoms. The Morgan fingerprint density at radius 2 is 1.80 bits per heavy atom. The molecular weight excluding hydrogens is 509 g/mol. The number of methoxy groups -OCH3 is 1. The van der Waals surface area contributed by atoms with Crippen molar-refractivity contribution in [3.8, 4) is 0 Å². The lowest BCUT2D eigenvalue weighted by molar-refractivity contribution is -0.134. The van der Waals surface area contributed by atoms with Gasteiger partial charge in [0, 0.05) is 29.7 Å². The first-order valence-electron chi connectivity index (χ1n) is 14.1. The largest absolute Gasteiger partial charge is 0.466 e. The van der Waals surface area contributed by atoms with E-state index in [0.717, 1.165) is 44.1 Å². The fourth-order valence-electron chi connectivity index (χ4n) is 5.46. The second-order valence-electron chi connectivity index (χ2n) is 10.3. The SMILES string of the molecule is CCC(CC)n1cc(C(=O)N[C@@H](/C=C/C(=O)OC)c2ccccc2)c(=O)c2cc(F)c(NC3CCCCC3)cc21. The van der Waals surface area contributed by atoms with Gasteiger partial charge in [-0.25, -0.2) is 9.18 Å². The summed E-state index contributed by atoms with van der Waals surface area (Å²) in [5, 5.41) is 6.38. The van der Waals surface area contributed by atoms with Gasteiger partial charge >= 0.3 is 5.97 Å². The average Bonchev–Trinajstić information content (AvgIpc) is 2.98. The van der Waals surface area contributed by atoms with Gasteiger partial charge in [-0.3, -0.25) is 9.59 Å². The van der Waals surface area contributed by atoms with Crippen molar-refractivity contribution in [3.05, 3.63) is 88.0 Å². The molecule has 7 nitrogen and oxygen atoms in total. The number of esters is 1. The topological polar surface area (TPSA) is 89.4 Å². The molecular formula is C32H38FN3O4. The van der Waals surface area contributed by atoms with Gasteiger partial charge in [0.1, 0.15) is 11.4 Å². The lowest BCUT2D eigenvalue weighted by Crippen LogP contribution is -2.33. The predicted octanol–water partition coefficient (Wildman–Crippen LogP) is 6.45. The highest BCUT2D eigenvalue weighted by Gasteiger charge is 2.23. The number of aromatic nitrogens is 1. The molecule has 0 unspecified atom stereocenters. The maximum absolute atomic E-state index is 15.4. The van der Waals surface area contributed by atoms with E-state index in [9.17, 15) is 14.4 Å². The lowest BCUT2D eigenvalue weighted by atomic mass is 9.95. The molecule has 0 saturated heterocycles. The highest BCUT2D eigenvalue weighted by molar-refractivity contribution is 5.98. The number of fused-ring (bicyclic) bond motifs is 1. The number of hydrogen-bond donors (Lipinski definition) is 2. The number of anilines is 1. The summed E-state index contributed by atoms with van der Waals surface area (Å²) in [6.45, 7) is 4.09. The molecule has 2 N–H and O–H groups in total. The predicted molar refractivity (Wildman–Crippen MR) is 156 cm³/mol. The van der Waals surface area contributed by atoms with Gasteiger partial charge in [0.15, 0.2) is 0 Å². The first-order valence-corrected chi connectivity index (χ1v) is 14.1. The first-order chi connectivity index (χ1) is 19.4. The van der Waals surface area contributed by atoms with E-state index in [1.54, 1.807) is 12.3 Å². The van der Waals surface area contributed by atoms with Gasteiger partial charge in [-0.05, 0) is 43.4 Å². The van der Waals surface area contributed by atoms with Gasteiger partial charge in [-0.2, -0.15) is 0 Å². The first kappa shape index (κ1) is 29.1. The summed E-state index contributed by atoms with van der Waals surface area (Å²) in [6.07, 6.45) is 11.3. The summed E-state index contributed by atoms with van der Waals surface area (Å²) < 4.78 is 22.0. The van der Waals surface area contributed by atoms with Crippen LogP contribution in [0.15, 0.2) is 65.6 Å². The van der Waals surface area contributed by atoms with Crippen LogP contribution in [-0.2, 0) is 9.53 Å². The normalized spacial score (nSPS) is 14.9. The van der Waals surface area contributed by atoms with Crippen molar-refractivity contribution in [3.63, 3.8) is 0 Å². The molecule has 1 fully saturated rings. The Balaban J connectivity index is 1.77. The van der Waals surface area contributed by atoms with E-state index in [2.05, 4.69) is 10.6 Å². The van der Waals surface area contributed by atoms with Gasteiger partial charge in [0.05, 0.1) is 24.4 Å². The molecule has 8 heteroatoms. The Hall–Kier alpha value is -3.94. The van der Waals surface area contributed by atoms with E-state index in [4.69, 9.17) is 4.74 Å². The Kier molecular flexibility index (Phi) is 9.74. The minimum absolute atomic E-state index is 0.00628. The fraction of sp³-hybridized carbons (Fsp3) is 0.406. The molecule has 0 bridgehead atoms. The Morgan fingerprint density at radius 1 is 1.10 bits per heavy atom. The van der Waals surface area contributed by atoms with E-state index in [1.165, 1.54) is 31.7 Å². The summed E-state index contributed by atoms with van der Waals surface area (Å²) in [4.78, 5) is 39.0. The van der Waals surface area contributed by atoms with Crippen LogP contribution in [0.3, 0.4) is 0 Å².